The number of aromatic nitrogens is 3. The van der Waals surface area contributed by atoms with Gasteiger partial charge in [-0.3, -0.25) is 0 Å². The first-order valence-electron chi connectivity index (χ1n) is 7.20. The Morgan fingerprint density at radius 1 is 1.36 bits per heavy atom. The third-order valence-corrected chi connectivity index (χ3v) is 6.12. The number of aliphatic hydroxyl groups excluding tert-OH is 1. The van der Waals surface area contributed by atoms with E-state index >= 15 is 0 Å². The maximum Gasteiger partial charge on any atom is 0.206 e. The molecule has 0 aliphatic rings. The third-order valence-electron chi connectivity index (χ3n) is 3.04. The second kappa shape index (κ2) is 8.11. The Kier molecular flexibility index (Phi) is 5.65. The first-order chi connectivity index (χ1) is 12.2. The van der Waals surface area contributed by atoms with Gasteiger partial charge in [0.2, 0.25) is 5.13 Å². The molecule has 0 unspecified atom stereocenters. The van der Waals surface area contributed by atoms with Crippen molar-refractivity contribution in [2.45, 2.75) is 4.34 Å². The highest BCUT2D eigenvalue weighted by atomic mass is 32.2. The highest BCUT2D eigenvalue weighted by molar-refractivity contribution is 8.01. The van der Waals surface area contributed by atoms with Crippen LogP contribution in [0.1, 0.15) is 5.01 Å². The fraction of sp³-hybridized carbons (Fsp3) is 0.125. The molecule has 0 radical (unpaired) electrons. The Morgan fingerprint density at radius 3 is 2.96 bits per heavy atom. The van der Waals surface area contributed by atoms with Crippen LogP contribution < -0.4 is 5.32 Å². The number of benzene rings is 1. The molecule has 2 N–H and O–H groups in total. The van der Waals surface area contributed by atoms with E-state index in [9.17, 15) is 10.4 Å². The van der Waals surface area contributed by atoms with Crippen molar-refractivity contribution in [1.82, 2.24) is 15.2 Å². The van der Waals surface area contributed by atoms with Gasteiger partial charge in [0.1, 0.15) is 22.4 Å². The van der Waals surface area contributed by atoms with Gasteiger partial charge in [-0.15, -0.1) is 28.1 Å². The Labute approximate surface area is 156 Å². The molecule has 3 rings (SSSR count). The molecule has 2 aromatic heterocycles. The fourth-order valence-electron chi connectivity index (χ4n) is 1.92. The van der Waals surface area contributed by atoms with Crippen LogP contribution in [0, 0.1) is 11.3 Å². The second-order valence-electron chi connectivity index (χ2n) is 4.75. The third kappa shape index (κ3) is 4.17. The van der Waals surface area contributed by atoms with Crippen molar-refractivity contribution < 1.29 is 5.11 Å². The van der Waals surface area contributed by atoms with Crippen LogP contribution in [0.2, 0.25) is 0 Å². The number of allylic oxidation sites excluding steroid dienone is 1. The number of fused-ring (bicyclic) bond motifs is 1. The molecule has 0 aliphatic heterocycles. The van der Waals surface area contributed by atoms with E-state index in [2.05, 4.69) is 33.1 Å². The first kappa shape index (κ1) is 17.4. The van der Waals surface area contributed by atoms with Gasteiger partial charge in [0, 0.05) is 6.54 Å². The summed E-state index contributed by atoms with van der Waals surface area (Å²) in [5.74, 6) is 0.219. The summed E-state index contributed by atoms with van der Waals surface area (Å²) in [5, 5.41) is 32.1. The maximum atomic E-state index is 10.3. The average Bonchev–Trinajstić information content (AvgIpc) is 3.25. The number of thiazole rings is 1. The molecule has 126 valence electrons. The Bertz CT molecular complexity index is 936. The number of nitrogens with one attached hydrogen (secondary N) is 1. The van der Waals surface area contributed by atoms with E-state index in [1.54, 1.807) is 6.08 Å². The number of rotatable bonds is 7. The van der Waals surface area contributed by atoms with Crippen LogP contribution in [-0.4, -0.2) is 32.6 Å². The van der Waals surface area contributed by atoms with Crippen LogP contribution in [0.4, 0.5) is 5.13 Å². The number of hydrogen-bond donors (Lipinski definition) is 2. The number of aliphatic hydroxyl groups is 1. The van der Waals surface area contributed by atoms with Crippen LogP contribution in [0.25, 0.3) is 15.8 Å². The summed E-state index contributed by atoms with van der Waals surface area (Å²) in [6.07, 6.45) is 1.74. The minimum Gasteiger partial charge on any atom is -0.510 e. The molecule has 1 aromatic carbocycles. The van der Waals surface area contributed by atoms with Crippen molar-refractivity contribution in [3.8, 4) is 6.07 Å². The van der Waals surface area contributed by atoms with Crippen molar-refractivity contribution >= 4 is 55.4 Å². The van der Waals surface area contributed by atoms with Gasteiger partial charge in [0.15, 0.2) is 4.34 Å². The van der Waals surface area contributed by atoms with E-state index in [4.69, 9.17) is 0 Å². The van der Waals surface area contributed by atoms with E-state index < -0.39 is 0 Å². The lowest BCUT2D eigenvalue weighted by Crippen LogP contribution is -1.96. The van der Waals surface area contributed by atoms with Crippen molar-refractivity contribution in [3.63, 3.8) is 0 Å². The molecule has 0 spiro atoms. The largest absolute Gasteiger partial charge is 0.510 e. The molecule has 0 atom stereocenters. The summed E-state index contributed by atoms with van der Waals surface area (Å²) in [6, 6.07) is 9.69. The second-order valence-corrected chi connectivity index (χ2v) is 7.98. The summed E-state index contributed by atoms with van der Waals surface area (Å²) < 4.78 is 1.69. The zero-order valence-electron chi connectivity index (χ0n) is 13.0. The molecule has 2 heterocycles. The van der Waals surface area contributed by atoms with Crippen LogP contribution in [0.3, 0.4) is 0 Å². The van der Waals surface area contributed by atoms with Crippen LogP contribution >= 0.6 is 34.4 Å². The average molecular weight is 388 g/mol. The van der Waals surface area contributed by atoms with Gasteiger partial charge < -0.3 is 10.4 Å². The molecule has 25 heavy (non-hydrogen) atoms. The topological polar surface area (TPSA) is 94.7 Å². The molecule has 0 amide bonds. The minimum absolute atomic E-state index is 0.0117. The van der Waals surface area contributed by atoms with Crippen molar-refractivity contribution in [2.75, 3.05) is 17.6 Å². The van der Waals surface area contributed by atoms with Crippen molar-refractivity contribution in [1.29, 1.82) is 5.26 Å². The standard InChI is InChI=1S/C16H13N5OS3/c1-2-7-18-15-20-21-16(25-15)23-9-12(22)10(8-17)14-19-11-5-3-4-6-13(11)24-14/h2-6,22H,1,7,9H2,(H,18,20)/b12-10-. The highest BCUT2D eigenvalue weighted by Crippen LogP contribution is 2.31. The maximum absolute atomic E-state index is 10.3. The number of nitriles is 1. The molecular formula is C16H13N5OS3. The lowest BCUT2D eigenvalue weighted by atomic mass is 10.2. The zero-order chi connectivity index (χ0) is 17.6. The van der Waals surface area contributed by atoms with Crippen molar-refractivity contribution in [2.24, 2.45) is 0 Å². The van der Waals surface area contributed by atoms with Crippen LogP contribution in [-0.2, 0) is 0 Å². The smallest absolute Gasteiger partial charge is 0.206 e. The number of thioether (sulfide) groups is 1. The SMILES string of the molecule is C=CCNc1nnc(SC/C(O)=C(\C#N)c2nc3ccccc3s2)s1. The molecule has 0 saturated heterocycles. The van der Waals surface area contributed by atoms with Gasteiger partial charge in [-0.25, -0.2) is 4.98 Å². The van der Waals surface area contributed by atoms with Gasteiger partial charge in [-0.1, -0.05) is 41.3 Å². The summed E-state index contributed by atoms with van der Waals surface area (Å²) in [4.78, 5) is 4.42. The van der Waals surface area contributed by atoms with Crippen LogP contribution in [0.15, 0.2) is 47.0 Å². The lowest BCUT2D eigenvalue weighted by molar-refractivity contribution is 0.421. The van der Waals surface area contributed by atoms with E-state index in [-0.39, 0.29) is 17.1 Å². The molecule has 6 nitrogen and oxygen atoms in total. The summed E-state index contributed by atoms with van der Waals surface area (Å²) in [6.45, 7) is 4.24. The summed E-state index contributed by atoms with van der Waals surface area (Å²) >= 11 is 4.10. The summed E-state index contributed by atoms with van der Waals surface area (Å²) in [5.41, 5.74) is 1.01. The van der Waals surface area contributed by atoms with Crippen molar-refractivity contribution in [3.05, 3.63) is 47.7 Å². The van der Waals surface area contributed by atoms with Gasteiger partial charge in [-0.2, -0.15) is 5.26 Å². The summed E-state index contributed by atoms with van der Waals surface area (Å²) in [7, 11) is 0. The molecule has 0 saturated carbocycles. The number of para-hydroxylation sites is 1. The molecular weight excluding hydrogens is 374 g/mol. The molecule has 9 heteroatoms. The predicted octanol–water partition coefficient (Wildman–Crippen LogP) is 4.33. The van der Waals surface area contributed by atoms with E-state index in [1.165, 1.54) is 34.4 Å². The molecule has 0 bridgehead atoms. The van der Waals surface area contributed by atoms with Gasteiger partial charge in [0.25, 0.3) is 0 Å². The minimum atomic E-state index is -0.0117. The van der Waals surface area contributed by atoms with Gasteiger partial charge in [-0.05, 0) is 12.1 Å². The molecule has 0 aliphatic carbocycles. The number of anilines is 1. The van der Waals surface area contributed by atoms with E-state index in [0.717, 1.165) is 10.2 Å². The Morgan fingerprint density at radius 2 is 2.20 bits per heavy atom. The fourth-order valence-corrected chi connectivity index (χ4v) is 4.54. The first-order valence-corrected chi connectivity index (χ1v) is 9.82. The Balaban J connectivity index is 1.74. The Hall–Kier alpha value is -2.41. The highest BCUT2D eigenvalue weighted by Gasteiger charge is 2.15. The monoisotopic (exact) mass is 387 g/mol. The molecule has 0 fully saturated rings. The number of nitrogens with zero attached hydrogens (tertiary/aromatic N) is 4. The van der Waals surface area contributed by atoms with Gasteiger partial charge in [0.05, 0.1) is 16.0 Å². The predicted molar refractivity (Wildman–Crippen MR) is 104 cm³/mol. The van der Waals surface area contributed by atoms with Crippen LogP contribution in [0.5, 0.6) is 0 Å². The number of hydrogen-bond acceptors (Lipinski definition) is 9. The van der Waals surface area contributed by atoms with Gasteiger partial charge >= 0.3 is 0 Å². The lowest BCUT2D eigenvalue weighted by Gasteiger charge is -2.00. The van der Waals surface area contributed by atoms with E-state index in [1.807, 2.05) is 24.3 Å². The van der Waals surface area contributed by atoms with E-state index in [0.29, 0.717) is 21.0 Å². The zero-order valence-corrected chi connectivity index (χ0v) is 15.4. The molecule has 3 aromatic rings. The normalized spacial score (nSPS) is 11.8. The quantitative estimate of drug-likeness (QED) is 0.270.